The van der Waals surface area contributed by atoms with Gasteiger partial charge in [0.25, 0.3) is 0 Å². The largest absolute Gasteiger partial charge is 0.384 e. The van der Waals surface area contributed by atoms with Gasteiger partial charge in [-0.25, -0.2) is 9.59 Å². The van der Waals surface area contributed by atoms with Crippen LogP contribution in [0.25, 0.3) is 0 Å². The van der Waals surface area contributed by atoms with Gasteiger partial charge in [0, 0.05) is 7.05 Å². The summed E-state index contributed by atoms with van der Waals surface area (Å²) in [4.78, 5) is 21.6. The maximum Gasteiger partial charge on any atom is 0.365 e. The van der Waals surface area contributed by atoms with Gasteiger partial charge in [-0.15, -0.1) is 0 Å². The maximum absolute atomic E-state index is 10.9. The highest BCUT2D eigenvalue weighted by Crippen LogP contribution is 2.17. The molecule has 5 heteroatoms. The topological polar surface area (TPSA) is 61.2 Å². The third kappa shape index (κ3) is 0.618. The summed E-state index contributed by atoms with van der Waals surface area (Å²) in [5.74, 6) is -1.23. The Bertz CT molecular complexity index is 353. The zero-order chi connectivity index (χ0) is 8.01. The van der Waals surface area contributed by atoms with E-state index in [9.17, 15) is 9.59 Å². The van der Waals surface area contributed by atoms with Crippen LogP contribution in [0.4, 0.5) is 0 Å². The summed E-state index contributed by atoms with van der Waals surface area (Å²) in [6.07, 6.45) is 1.32. The number of esters is 2. The number of carbonyl (C=O) groups excluding carboxylic acids is 2. The maximum atomic E-state index is 10.9. The van der Waals surface area contributed by atoms with Gasteiger partial charge in [-0.3, -0.25) is 4.68 Å². The zero-order valence-corrected chi connectivity index (χ0v) is 5.70. The summed E-state index contributed by atoms with van der Waals surface area (Å²) < 4.78 is 5.64. The molecule has 0 aromatic carbocycles. The van der Waals surface area contributed by atoms with Gasteiger partial charge in [-0.2, -0.15) is 5.10 Å². The van der Waals surface area contributed by atoms with Crippen molar-refractivity contribution in [3.8, 4) is 0 Å². The standard InChI is InChI=1S/C6H4N2O3/c1-8-4-3(2-7-8)5(9)11-6(4)10/h2H,1H3. The number of hydrogen-bond donors (Lipinski definition) is 0. The van der Waals surface area contributed by atoms with Crippen molar-refractivity contribution in [2.75, 3.05) is 0 Å². The van der Waals surface area contributed by atoms with Crippen LogP contribution in [0.3, 0.4) is 0 Å². The molecule has 1 aromatic rings. The number of rotatable bonds is 0. The van der Waals surface area contributed by atoms with Crippen molar-refractivity contribution in [1.29, 1.82) is 0 Å². The summed E-state index contributed by atoms with van der Waals surface area (Å²) in [7, 11) is 1.58. The molecule has 0 saturated carbocycles. The van der Waals surface area contributed by atoms with Gasteiger partial charge in [-0.05, 0) is 0 Å². The van der Waals surface area contributed by atoms with Crippen molar-refractivity contribution in [2.45, 2.75) is 0 Å². The minimum Gasteiger partial charge on any atom is -0.384 e. The Hall–Kier alpha value is -1.65. The number of aryl methyl sites for hydroxylation is 1. The molecule has 2 rings (SSSR count). The van der Waals surface area contributed by atoms with Crippen LogP contribution in [-0.2, 0) is 11.8 Å². The predicted octanol–water partition coefficient (Wildman–Crippen LogP) is -0.269. The fourth-order valence-corrected chi connectivity index (χ4v) is 1.02. The molecule has 0 fully saturated rings. The Morgan fingerprint density at radius 3 is 2.82 bits per heavy atom. The first-order valence-electron chi connectivity index (χ1n) is 2.98. The van der Waals surface area contributed by atoms with Crippen LogP contribution in [0.1, 0.15) is 20.8 Å². The Morgan fingerprint density at radius 2 is 2.18 bits per heavy atom. The summed E-state index contributed by atoms with van der Waals surface area (Å²) in [6, 6.07) is 0. The van der Waals surface area contributed by atoms with E-state index in [1.54, 1.807) is 7.05 Å². The lowest BCUT2D eigenvalue weighted by Crippen LogP contribution is -2.05. The summed E-state index contributed by atoms with van der Waals surface area (Å²) >= 11 is 0. The third-order valence-electron chi connectivity index (χ3n) is 1.54. The molecular formula is C6H4N2O3. The normalized spacial score (nSPS) is 15.0. The Kier molecular flexibility index (Phi) is 0.934. The van der Waals surface area contributed by atoms with Crippen molar-refractivity contribution < 1.29 is 14.3 Å². The number of ether oxygens (including phenoxy) is 1. The molecule has 1 aliphatic rings. The van der Waals surface area contributed by atoms with Crippen LogP contribution in [0.2, 0.25) is 0 Å². The summed E-state index contributed by atoms with van der Waals surface area (Å²) in [5.41, 5.74) is 0.479. The molecule has 1 aromatic heterocycles. The van der Waals surface area contributed by atoms with E-state index < -0.39 is 11.9 Å². The van der Waals surface area contributed by atoms with E-state index in [2.05, 4.69) is 9.84 Å². The molecule has 0 amide bonds. The van der Waals surface area contributed by atoms with E-state index in [0.717, 1.165) is 0 Å². The van der Waals surface area contributed by atoms with Crippen molar-refractivity contribution in [3.63, 3.8) is 0 Å². The molecule has 0 saturated heterocycles. The fourth-order valence-electron chi connectivity index (χ4n) is 1.02. The lowest BCUT2D eigenvalue weighted by atomic mass is 10.3. The predicted molar refractivity (Wildman–Crippen MR) is 33.0 cm³/mol. The van der Waals surface area contributed by atoms with Gasteiger partial charge in [0.15, 0.2) is 5.69 Å². The molecule has 11 heavy (non-hydrogen) atoms. The van der Waals surface area contributed by atoms with Gasteiger partial charge in [0.2, 0.25) is 0 Å². The monoisotopic (exact) mass is 152 g/mol. The lowest BCUT2D eigenvalue weighted by molar-refractivity contribution is 0.0437. The van der Waals surface area contributed by atoms with E-state index in [0.29, 0.717) is 0 Å². The number of aromatic nitrogens is 2. The van der Waals surface area contributed by atoms with Crippen molar-refractivity contribution in [1.82, 2.24) is 9.78 Å². The molecule has 0 unspecified atom stereocenters. The average molecular weight is 152 g/mol. The first-order valence-corrected chi connectivity index (χ1v) is 2.98. The van der Waals surface area contributed by atoms with Crippen LogP contribution in [0.15, 0.2) is 6.20 Å². The second kappa shape index (κ2) is 1.69. The molecular weight excluding hydrogens is 148 g/mol. The van der Waals surface area contributed by atoms with E-state index in [1.165, 1.54) is 10.9 Å². The van der Waals surface area contributed by atoms with Gasteiger partial charge in [0.1, 0.15) is 5.56 Å². The minimum absolute atomic E-state index is 0.231. The second-order valence-corrected chi connectivity index (χ2v) is 2.21. The van der Waals surface area contributed by atoms with Crippen LogP contribution >= 0.6 is 0 Å². The van der Waals surface area contributed by atoms with Crippen LogP contribution < -0.4 is 0 Å². The molecule has 0 spiro atoms. The smallest absolute Gasteiger partial charge is 0.365 e. The zero-order valence-electron chi connectivity index (χ0n) is 5.70. The Balaban J connectivity index is 2.72. The highest BCUT2D eigenvalue weighted by molar-refractivity contribution is 6.13. The molecule has 2 heterocycles. The molecule has 0 N–H and O–H groups in total. The first kappa shape index (κ1) is 6.09. The fraction of sp³-hybridized carbons (Fsp3) is 0.167. The Morgan fingerprint density at radius 1 is 1.45 bits per heavy atom. The lowest BCUT2D eigenvalue weighted by Gasteiger charge is -1.90. The molecule has 0 bridgehead atoms. The molecule has 56 valence electrons. The van der Waals surface area contributed by atoms with E-state index in [1.807, 2.05) is 0 Å². The highest BCUT2D eigenvalue weighted by atomic mass is 16.6. The summed E-state index contributed by atoms with van der Waals surface area (Å²) in [6.45, 7) is 0. The van der Waals surface area contributed by atoms with Gasteiger partial charge in [-0.1, -0.05) is 0 Å². The number of fused-ring (bicyclic) bond motifs is 1. The molecule has 0 atom stereocenters. The minimum atomic E-state index is -0.620. The summed E-state index contributed by atoms with van der Waals surface area (Å²) in [5, 5.41) is 3.73. The van der Waals surface area contributed by atoms with E-state index >= 15 is 0 Å². The molecule has 5 nitrogen and oxygen atoms in total. The number of carbonyl (C=O) groups is 2. The van der Waals surface area contributed by atoms with Crippen LogP contribution in [-0.4, -0.2) is 21.7 Å². The quantitative estimate of drug-likeness (QED) is 0.379. The SMILES string of the molecule is Cn1ncc2c1C(=O)OC2=O. The molecule has 0 aliphatic carbocycles. The van der Waals surface area contributed by atoms with Crippen LogP contribution in [0, 0.1) is 0 Å². The number of hydrogen-bond acceptors (Lipinski definition) is 4. The van der Waals surface area contributed by atoms with E-state index in [4.69, 9.17) is 0 Å². The first-order chi connectivity index (χ1) is 5.20. The Labute approximate surface area is 61.6 Å². The van der Waals surface area contributed by atoms with Crippen molar-refractivity contribution in [2.24, 2.45) is 7.05 Å². The third-order valence-corrected chi connectivity index (χ3v) is 1.54. The second-order valence-electron chi connectivity index (χ2n) is 2.21. The highest BCUT2D eigenvalue weighted by Gasteiger charge is 2.33. The van der Waals surface area contributed by atoms with Gasteiger partial charge in [0.05, 0.1) is 6.20 Å². The number of nitrogens with zero attached hydrogens (tertiary/aromatic N) is 2. The molecule has 0 radical (unpaired) electrons. The van der Waals surface area contributed by atoms with Crippen LogP contribution in [0.5, 0.6) is 0 Å². The van der Waals surface area contributed by atoms with Crippen molar-refractivity contribution in [3.05, 3.63) is 17.5 Å². The average Bonchev–Trinajstić information content (AvgIpc) is 2.41. The van der Waals surface area contributed by atoms with Crippen molar-refractivity contribution >= 4 is 11.9 Å². The van der Waals surface area contributed by atoms with E-state index in [-0.39, 0.29) is 11.3 Å². The molecule has 1 aliphatic heterocycles. The van der Waals surface area contributed by atoms with Gasteiger partial charge < -0.3 is 4.74 Å². The van der Waals surface area contributed by atoms with Gasteiger partial charge >= 0.3 is 11.9 Å². The number of cyclic esters (lactones) is 2.